The van der Waals surface area contributed by atoms with Gasteiger partial charge in [-0.3, -0.25) is 0 Å². The molecule has 0 saturated heterocycles. The highest BCUT2D eigenvalue weighted by atomic mass is 16.5. The second kappa shape index (κ2) is 5.74. The predicted octanol–water partition coefficient (Wildman–Crippen LogP) is 3.20. The highest BCUT2D eigenvalue weighted by Gasteiger charge is 2.05. The first-order chi connectivity index (χ1) is 9.24. The maximum Gasteiger partial charge on any atom is 0.337 e. The van der Waals surface area contributed by atoms with E-state index in [1.54, 1.807) is 24.3 Å². The van der Waals surface area contributed by atoms with Crippen molar-refractivity contribution in [1.82, 2.24) is 0 Å². The number of methoxy groups -OCH3 is 1. The number of benzene rings is 2. The molecule has 0 saturated carbocycles. The summed E-state index contributed by atoms with van der Waals surface area (Å²) in [7, 11) is 1.36. The van der Waals surface area contributed by atoms with Crippen molar-refractivity contribution in [3.05, 3.63) is 59.7 Å². The van der Waals surface area contributed by atoms with E-state index in [0.717, 1.165) is 16.9 Å². The van der Waals surface area contributed by atoms with Crippen LogP contribution in [0.4, 0.5) is 11.4 Å². The third-order valence-electron chi connectivity index (χ3n) is 2.67. The van der Waals surface area contributed by atoms with Crippen molar-refractivity contribution in [3.8, 4) is 12.3 Å². The molecule has 0 atom stereocenters. The number of ether oxygens (including phenoxy) is 1. The zero-order chi connectivity index (χ0) is 13.7. The van der Waals surface area contributed by atoms with Gasteiger partial charge in [-0.1, -0.05) is 18.1 Å². The van der Waals surface area contributed by atoms with E-state index in [0.29, 0.717) is 5.56 Å². The average molecular weight is 251 g/mol. The maximum atomic E-state index is 11.3. The van der Waals surface area contributed by atoms with Crippen molar-refractivity contribution < 1.29 is 9.53 Å². The number of para-hydroxylation sites is 1. The van der Waals surface area contributed by atoms with Crippen molar-refractivity contribution in [2.75, 3.05) is 12.4 Å². The van der Waals surface area contributed by atoms with Crippen LogP contribution >= 0.6 is 0 Å². The third kappa shape index (κ3) is 2.93. The first-order valence-corrected chi connectivity index (χ1v) is 5.75. The molecule has 0 aliphatic heterocycles. The molecule has 0 aromatic heterocycles. The Balaban J connectivity index is 2.20. The second-order valence-electron chi connectivity index (χ2n) is 3.88. The van der Waals surface area contributed by atoms with Gasteiger partial charge >= 0.3 is 5.97 Å². The summed E-state index contributed by atoms with van der Waals surface area (Å²) in [6, 6.07) is 14.6. The normalized spacial score (nSPS) is 9.47. The summed E-state index contributed by atoms with van der Waals surface area (Å²) >= 11 is 0. The molecule has 3 nitrogen and oxygen atoms in total. The SMILES string of the molecule is C#Cc1ccccc1Nc1ccc(C(=O)OC)cc1. The van der Waals surface area contributed by atoms with Crippen LogP contribution in [0.3, 0.4) is 0 Å². The minimum atomic E-state index is -0.351. The number of nitrogens with one attached hydrogen (secondary N) is 1. The fourth-order valence-corrected chi connectivity index (χ4v) is 1.68. The Hall–Kier alpha value is -2.73. The number of carbonyl (C=O) groups excluding carboxylic acids is 1. The summed E-state index contributed by atoms with van der Waals surface area (Å²) in [4.78, 5) is 11.3. The Kier molecular flexibility index (Phi) is 3.84. The van der Waals surface area contributed by atoms with Gasteiger partial charge in [-0.25, -0.2) is 4.79 Å². The first-order valence-electron chi connectivity index (χ1n) is 5.75. The molecule has 0 aliphatic carbocycles. The van der Waals surface area contributed by atoms with Crippen molar-refractivity contribution in [3.63, 3.8) is 0 Å². The van der Waals surface area contributed by atoms with Gasteiger partial charge in [0.2, 0.25) is 0 Å². The topological polar surface area (TPSA) is 38.3 Å². The van der Waals surface area contributed by atoms with Crippen LogP contribution in [-0.2, 0) is 4.74 Å². The Morgan fingerprint density at radius 3 is 2.47 bits per heavy atom. The van der Waals surface area contributed by atoms with Crippen LogP contribution in [0.25, 0.3) is 0 Å². The van der Waals surface area contributed by atoms with Crippen LogP contribution in [0.1, 0.15) is 15.9 Å². The second-order valence-corrected chi connectivity index (χ2v) is 3.88. The number of anilines is 2. The zero-order valence-electron chi connectivity index (χ0n) is 10.5. The molecule has 19 heavy (non-hydrogen) atoms. The Bertz CT molecular complexity index is 624. The summed E-state index contributed by atoms with van der Waals surface area (Å²) in [5, 5.41) is 3.21. The first kappa shape index (κ1) is 12.7. The highest BCUT2D eigenvalue weighted by Crippen LogP contribution is 2.20. The van der Waals surface area contributed by atoms with Gasteiger partial charge in [-0.2, -0.15) is 0 Å². The van der Waals surface area contributed by atoms with Crippen LogP contribution in [0, 0.1) is 12.3 Å². The number of hydrogen-bond donors (Lipinski definition) is 1. The fourth-order valence-electron chi connectivity index (χ4n) is 1.68. The third-order valence-corrected chi connectivity index (χ3v) is 2.67. The molecular weight excluding hydrogens is 238 g/mol. The molecule has 94 valence electrons. The monoisotopic (exact) mass is 251 g/mol. The van der Waals surface area contributed by atoms with Crippen molar-refractivity contribution in [2.45, 2.75) is 0 Å². The molecule has 0 bridgehead atoms. The van der Waals surface area contributed by atoms with E-state index in [4.69, 9.17) is 6.42 Å². The van der Waals surface area contributed by atoms with E-state index in [9.17, 15) is 4.79 Å². The molecule has 2 rings (SSSR count). The average Bonchev–Trinajstić information content (AvgIpc) is 2.48. The lowest BCUT2D eigenvalue weighted by atomic mass is 10.1. The lowest BCUT2D eigenvalue weighted by molar-refractivity contribution is 0.0601. The van der Waals surface area contributed by atoms with Crippen LogP contribution in [-0.4, -0.2) is 13.1 Å². The molecule has 0 aliphatic rings. The number of hydrogen-bond acceptors (Lipinski definition) is 3. The van der Waals surface area contributed by atoms with Gasteiger partial charge in [-0.15, -0.1) is 6.42 Å². The quantitative estimate of drug-likeness (QED) is 0.672. The summed E-state index contributed by atoms with van der Waals surface area (Å²) in [5.41, 5.74) is 3.02. The Morgan fingerprint density at radius 2 is 1.84 bits per heavy atom. The molecule has 2 aromatic carbocycles. The van der Waals surface area contributed by atoms with E-state index in [2.05, 4.69) is 16.0 Å². The van der Waals surface area contributed by atoms with Gasteiger partial charge < -0.3 is 10.1 Å². The van der Waals surface area contributed by atoms with Crippen LogP contribution < -0.4 is 5.32 Å². The van der Waals surface area contributed by atoms with Gasteiger partial charge in [0.15, 0.2) is 0 Å². The van der Waals surface area contributed by atoms with E-state index in [1.165, 1.54) is 7.11 Å². The predicted molar refractivity (Wildman–Crippen MR) is 75.4 cm³/mol. The molecule has 0 amide bonds. The molecule has 0 fully saturated rings. The van der Waals surface area contributed by atoms with E-state index in [-0.39, 0.29) is 5.97 Å². The molecule has 0 heterocycles. The molecule has 3 heteroatoms. The van der Waals surface area contributed by atoms with Crippen LogP contribution in [0.15, 0.2) is 48.5 Å². The highest BCUT2D eigenvalue weighted by molar-refractivity contribution is 5.89. The summed E-state index contributed by atoms with van der Waals surface area (Å²) < 4.78 is 4.65. The lowest BCUT2D eigenvalue weighted by Gasteiger charge is -2.09. The largest absolute Gasteiger partial charge is 0.465 e. The van der Waals surface area contributed by atoms with Crippen molar-refractivity contribution in [1.29, 1.82) is 0 Å². The van der Waals surface area contributed by atoms with Gasteiger partial charge in [0.25, 0.3) is 0 Å². The van der Waals surface area contributed by atoms with E-state index < -0.39 is 0 Å². The number of carbonyl (C=O) groups is 1. The van der Waals surface area contributed by atoms with Gasteiger partial charge in [0.1, 0.15) is 0 Å². The molecule has 0 spiro atoms. The number of terminal acetylenes is 1. The molecule has 2 aromatic rings. The Morgan fingerprint density at radius 1 is 1.16 bits per heavy atom. The number of rotatable bonds is 3. The fraction of sp³-hybridized carbons (Fsp3) is 0.0625. The molecule has 0 unspecified atom stereocenters. The smallest absolute Gasteiger partial charge is 0.337 e. The summed E-state index contributed by atoms with van der Waals surface area (Å²) in [6.45, 7) is 0. The van der Waals surface area contributed by atoms with Gasteiger partial charge in [0, 0.05) is 11.3 Å². The van der Waals surface area contributed by atoms with Crippen LogP contribution in [0.2, 0.25) is 0 Å². The maximum absolute atomic E-state index is 11.3. The van der Waals surface area contributed by atoms with Gasteiger partial charge in [0.05, 0.1) is 18.4 Å². The zero-order valence-corrected chi connectivity index (χ0v) is 10.5. The molecule has 1 N–H and O–H groups in total. The molecular formula is C16H13NO2. The molecule has 0 radical (unpaired) electrons. The van der Waals surface area contributed by atoms with E-state index in [1.807, 2.05) is 24.3 Å². The van der Waals surface area contributed by atoms with Gasteiger partial charge in [-0.05, 0) is 36.4 Å². The minimum Gasteiger partial charge on any atom is -0.465 e. The standard InChI is InChI=1S/C16H13NO2/c1-3-12-6-4-5-7-15(12)17-14-10-8-13(9-11-14)16(18)19-2/h1,4-11,17H,2H3. The summed E-state index contributed by atoms with van der Waals surface area (Å²) in [5.74, 6) is 2.27. The lowest BCUT2D eigenvalue weighted by Crippen LogP contribution is -2.01. The number of esters is 1. The van der Waals surface area contributed by atoms with E-state index >= 15 is 0 Å². The van der Waals surface area contributed by atoms with Crippen molar-refractivity contribution in [2.24, 2.45) is 0 Å². The van der Waals surface area contributed by atoms with Crippen molar-refractivity contribution >= 4 is 17.3 Å². The Labute approximate surface area is 112 Å². The summed E-state index contributed by atoms with van der Waals surface area (Å²) in [6.07, 6.45) is 5.43. The van der Waals surface area contributed by atoms with Crippen LogP contribution in [0.5, 0.6) is 0 Å². The minimum absolute atomic E-state index is 0.351.